The van der Waals surface area contributed by atoms with Gasteiger partial charge in [-0.05, 0) is 42.7 Å². The monoisotopic (exact) mass is 653 g/mol. The molecule has 1 saturated heterocycles. The number of phenols is 2. The fourth-order valence-corrected chi connectivity index (χ4v) is 8.76. The predicted octanol–water partition coefficient (Wildman–Crippen LogP) is 4.07. The Bertz CT molecular complexity index is 2100. The van der Waals surface area contributed by atoms with Crippen LogP contribution in [-0.4, -0.2) is 75.4 Å². The first-order valence-electron chi connectivity index (χ1n) is 14.1. The number of fused-ring (bicyclic) bond motifs is 2. The number of pyridine rings is 1. The number of aromatic nitrogens is 3. The molecule has 4 heterocycles. The maximum Gasteiger partial charge on any atom is 0.354 e. The highest BCUT2D eigenvalue weighted by Gasteiger charge is 2.43. The Balaban J connectivity index is 1.84. The third-order valence-electron chi connectivity index (χ3n) is 8.31. The van der Waals surface area contributed by atoms with Crippen molar-refractivity contribution in [2.75, 3.05) is 30.3 Å². The van der Waals surface area contributed by atoms with Crippen LogP contribution in [0.1, 0.15) is 31.0 Å². The van der Waals surface area contributed by atoms with Gasteiger partial charge in [-0.15, -0.1) is 0 Å². The van der Waals surface area contributed by atoms with Crippen LogP contribution in [0.2, 0.25) is 5.02 Å². The number of piperazine rings is 1. The SMILES string of the molecule is C=CC(=O)N1CCN2c3nc(=O)n(-c4c(C)ccnc4C(C)C)c4c(F)c(-c5c(O)cccc5O)c(Cl)c(c34)S(=O)(=O)CC2C1. The summed E-state index contributed by atoms with van der Waals surface area (Å²) in [6.07, 6.45) is 2.69. The lowest BCUT2D eigenvalue weighted by molar-refractivity contribution is -0.126. The van der Waals surface area contributed by atoms with Gasteiger partial charge in [-0.25, -0.2) is 17.6 Å². The highest BCUT2D eigenvalue weighted by molar-refractivity contribution is 7.91. The number of carbonyl (C=O) groups is 1. The Labute approximate surface area is 262 Å². The summed E-state index contributed by atoms with van der Waals surface area (Å²) in [4.78, 5) is 38.0. The van der Waals surface area contributed by atoms with Gasteiger partial charge in [0.25, 0.3) is 0 Å². The van der Waals surface area contributed by atoms with Gasteiger partial charge < -0.3 is 20.0 Å². The van der Waals surface area contributed by atoms with E-state index in [-0.39, 0.29) is 42.4 Å². The van der Waals surface area contributed by atoms with Crippen LogP contribution < -0.4 is 10.6 Å². The molecule has 4 aromatic rings. The van der Waals surface area contributed by atoms with Crippen LogP contribution in [0.4, 0.5) is 10.2 Å². The maximum absolute atomic E-state index is 17.3. The molecule has 1 fully saturated rings. The van der Waals surface area contributed by atoms with Gasteiger partial charge in [-0.1, -0.05) is 38.1 Å². The molecular formula is C31H29ClFN5O6S. The zero-order valence-electron chi connectivity index (χ0n) is 24.6. The molecule has 45 heavy (non-hydrogen) atoms. The van der Waals surface area contributed by atoms with E-state index in [2.05, 4.69) is 16.5 Å². The van der Waals surface area contributed by atoms with Gasteiger partial charge in [0.1, 0.15) is 17.3 Å². The summed E-state index contributed by atoms with van der Waals surface area (Å²) in [6.45, 7) is 9.15. The summed E-state index contributed by atoms with van der Waals surface area (Å²) < 4.78 is 47.0. The number of nitrogens with zero attached hydrogens (tertiary/aromatic N) is 5. The summed E-state index contributed by atoms with van der Waals surface area (Å²) in [6, 6.07) is 4.49. The van der Waals surface area contributed by atoms with Gasteiger partial charge >= 0.3 is 5.69 Å². The quantitative estimate of drug-likeness (QED) is 0.246. The number of aromatic hydroxyl groups is 2. The number of phenolic OH excluding ortho intramolecular Hbond substituents is 2. The lowest BCUT2D eigenvalue weighted by Gasteiger charge is -2.41. The topological polar surface area (TPSA) is 146 Å². The van der Waals surface area contributed by atoms with Crippen molar-refractivity contribution in [1.29, 1.82) is 0 Å². The summed E-state index contributed by atoms with van der Waals surface area (Å²) in [5.74, 6) is -3.55. The van der Waals surface area contributed by atoms with Gasteiger partial charge in [0, 0.05) is 31.4 Å². The lowest BCUT2D eigenvalue weighted by atomic mass is 9.99. The van der Waals surface area contributed by atoms with Crippen LogP contribution in [0.15, 0.2) is 52.8 Å². The van der Waals surface area contributed by atoms with Gasteiger partial charge in [-0.2, -0.15) is 4.98 Å². The predicted molar refractivity (Wildman–Crippen MR) is 168 cm³/mol. The molecule has 0 aliphatic carbocycles. The van der Waals surface area contributed by atoms with Gasteiger partial charge in [0.2, 0.25) is 5.91 Å². The summed E-state index contributed by atoms with van der Waals surface area (Å²) in [7, 11) is -4.40. The van der Waals surface area contributed by atoms with E-state index in [1.165, 1.54) is 23.1 Å². The molecule has 1 unspecified atom stereocenters. The standard InChI is InChI=1S/C31H29ClFN5O6S/c1-5-20(41)36-11-12-37-17(13-36)14-45(43,44)29-23-28(25(33)22(24(29)32)21-18(39)7-6-8-19(21)40)38(31(42)35-30(23)37)27-16(4)9-10-34-26(27)15(2)3/h5-10,15,17,39-40H,1,11-14H2,2-4H3. The van der Waals surface area contributed by atoms with E-state index < -0.39 is 77.1 Å². The summed E-state index contributed by atoms with van der Waals surface area (Å²) in [5, 5.41) is 20.7. The number of hydrogen-bond acceptors (Lipinski definition) is 9. The minimum atomic E-state index is -4.40. The highest BCUT2D eigenvalue weighted by Crippen LogP contribution is 2.50. The van der Waals surface area contributed by atoms with Crippen molar-refractivity contribution in [3.8, 4) is 28.3 Å². The van der Waals surface area contributed by atoms with Crippen molar-refractivity contribution in [2.24, 2.45) is 0 Å². The fraction of sp³-hybridized carbons (Fsp3) is 0.290. The minimum absolute atomic E-state index is 0.0310. The largest absolute Gasteiger partial charge is 0.507 e. The molecule has 0 bridgehead atoms. The van der Waals surface area contributed by atoms with E-state index in [1.807, 2.05) is 13.8 Å². The summed E-state index contributed by atoms with van der Waals surface area (Å²) >= 11 is 6.82. The molecule has 6 rings (SSSR count). The number of amides is 1. The number of anilines is 1. The fourth-order valence-electron chi connectivity index (χ4n) is 6.30. The molecule has 2 aromatic heterocycles. The van der Waals surface area contributed by atoms with E-state index in [4.69, 9.17) is 11.6 Å². The van der Waals surface area contributed by atoms with Crippen LogP contribution in [0, 0.1) is 12.7 Å². The lowest BCUT2D eigenvalue weighted by Crippen LogP contribution is -2.57. The molecule has 2 aromatic carbocycles. The van der Waals surface area contributed by atoms with Crippen molar-refractivity contribution >= 4 is 44.1 Å². The Morgan fingerprint density at radius 2 is 1.87 bits per heavy atom. The number of carbonyl (C=O) groups excluding carboxylic acids is 1. The second-order valence-electron chi connectivity index (χ2n) is 11.4. The Kier molecular flexibility index (Phi) is 7.36. The number of benzene rings is 2. The average Bonchev–Trinajstić information content (AvgIpc) is 3.07. The highest BCUT2D eigenvalue weighted by atomic mass is 35.5. The molecule has 2 aliphatic heterocycles. The molecule has 0 saturated carbocycles. The zero-order chi connectivity index (χ0) is 32.5. The molecule has 0 spiro atoms. The smallest absolute Gasteiger partial charge is 0.354 e. The van der Waals surface area contributed by atoms with Gasteiger partial charge in [0.15, 0.2) is 15.7 Å². The third-order valence-corrected chi connectivity index (χ3v) is 10.7. The Hall–Kier alpha value is -4.49. The second-order valence-corrected chi connectivity index (χ2v) is 13.8. The molecular weight excluding hydrogens is 625 g/mol. The molecule has 14 heteroatoms. The number of aryl methyl sites for hydroxylation is 1. The molecule has 0 radical (unpaired) electrons. The summed E-state index contributed by atoms with van der Waals surface area (Å²) in [5.41, 5.74) is -1.20. The van der Waals surface area contributed by atoms with Crippen LogP contribution in [-0.2, 0) is 14.6 Å². The first-order valence-corrected chi connectivity index (χ1v) is 16.2. The van der Waals surface area contributed by atoms with Crippen molar-refractivity contribution in [2.45, 2.75) is 37.6 Å². The van der Waals surface area contributed by atoms with Crippen molar-refractivity contribution < 1.29 is 27.8 Å². The zero-order valence-corrected chi connectivity index (χ0v) is 26.2. The molecule has 2 N–H and O–H groups in total. The maximum atomic E-state index is 17.3. The molecule has 1 atom stereocenters. The number of rotatable bonds is 4. The first kappa shape index (κ1) is 30.5. The Morgan fingerprint density at radius 1 is 1.18 bits per heavy atom. The van der Waals surface area contributed by atoms with Gasteiger partial charge in [0.05, 0.1) is 49.6 Å². The molecule has 2 aliphatic rings. The van der Waals surface area contributed by atoms with Crippen LogP contribution in [0.5, 0.6) is 11.5 Å². The minimum Gasteiger partial charge on any atom is -0.507 e. The van der Waals surface area contributed by atoms with Crippen molar-refractivity contribution in [3.63, 3.8) is 0 Å². The van der Waals surface area contributed by atoms with Gasteiger partial charge in [-0.3, -0.25) is 14.3 Å². The number of halogens is 2. The number of sulfone groups is 1. The van der Waals surface area contributed by atoms with E-state index in [1.54, 1.807) is 24.1 Å². The van der Waals surface area contributed by atoms with Crippen molar-refractivity contribution in [1.82, 2.24) is 19.4 Å². The van der Waals surface area contributed by atoms with E-state index in [0.717, 1.165) is 10.6 Å². The van der Waals surface area contributed by atoms with Crippen molar-refractivity contribution in [3.05, 3.63) is 75.7 Å². The average molecular weight is 654 g/mol. The third kappa shape index (κ3) is 4.64. The normalized spacial score (nSPS) is 17.3. The van der Waals surface area contributed by atoms with Crippen LogP contribution in [0.25, 0.3) is 27.7 Å². The molecule has 234 valence electrons. The first-order chi connectivity index (χ1) is 21.3. The van der Waals surface area contributed by atoms with E-state index in [9.17, 15) is 28.2 Å². The molecule has 11 nitrogen and oxygen atoms in total. The number of hydrogen-bond donors (Lipinski definition) is 2. The van der Waals surface area contributed by atoms with Crippen LogP contribution in [0.3, 0.4) is 0 Å². The molecule has 1 amide bonds. The van der Waals surface area contributed by atoms with E-state index in [0.29, 0.717) is 11.3 Å². The van der Waals surface area contributed by atoms with Crippen LogP contribution >= 0.6 is 11.6 Å². The van der Waals surface area contributed by atoms with E-state index >= 15 is 4.39 Å². The Morgan fingerprint density at radius 3 is 2.51 bits per heavy atom. The second kappa shape index (κ2) is 10.8.